The largest absolute Gasteiger partial charge is 0.485 e. The molecule has 6 nitrogen and oxygen atoms in total. The Morgan fingerprint density at radius 1 is 1.19 bits per heavy atom. The normalized spacial score (nSPS) is 18.7. The van der Waals surface area contributed by atoms with Crippen molar-refractivity contribution in [1.29, 1.82) is 5.26 Å². The zero-order valence-electron chi connectivity index (χ0n) is 18.6. The summed E-state index contributed by atoms with van der Waals surface area (Å²) < 4.78 is 32.2. The van der Waals surface area contributed by atoms with E-state index < -0.39 is 17.5 Å². The van der Waals surface area contributed by atoms with Gasteiger partial charge in [-0.05, 0) is 57.7 Å². The molecule has 0 aromatic heterocycles. The highest BCUT2D eigenvalue weighted by Gasteiger charge is 2.32. The minimum absolute atomic E-state index is 0.191. The van der Waals surface area contributed by atoms with Gasteiger partial charge in [0.1, 0.15) is 18.0 Å². The number of rotatable bonds is 2. The van der Waals surface area contributed by atoms with Crippen molar-refractivity contribution < 1.29 is 23.4 Å². The standard InChI is InChI=1S/C25H27FN2O4/c1-25(2,3)32-24(29)28-11-9-17(10-12-28)18-5-4-6-21-23(18)31-22(15-30-21)19-8-7-16(14-27)13-20(19)26/h4-8,13,17,22H,9-12,15H2,1-3H3/t22-/m1/s1. The number of nitrogens with zero attached hydrogens (tertiary/aromatic N) is 2. The van der Waals surface area contributed by atoms with Gasteiger partial charge in [-0.3, -0.25) is 0 Å². The van der Waals surface area contributed by atoms with Gasteiger partial charge in [0.25, 0.3) is 0 Å². The van der Waals surface area contributed by atoms with E-state index in [2.05, 4.69) is 0 Å². The molecule has 1 fully saturated rings. The van der Waals surface area contributed by atoms with E-state index in [0.717, 1.165) is 18.4 Å². The van der Waals surface area contributed by atoms with Crippen LogP contribution in [0.25, 0.3) is 0 Å². The van der Waals surface area contributed by atoms with Crippen LogP contribution in [0.1, 0.15) is 62.3 Å². The third-order valence-corrected chi connectivity index (χ3v) is 5.72. The second kappa shape index (κ2) is 8.70. The fourth-order valence-electron chi connectivity index (χ4n) is 4.15. The third-order valence-electron chi connectivity index (χ3n) is 5.72. The van der Waals surface area contributed by atoms with Crippen LogP contribution in [0.4, 0.5) is 9.18 Å². The van der Waals surface area contributed by atoms with E-state index >= 15 is 0 Å². The van der Waals surface area contributed by atoms with Crippen LogP contribution in [0.15, 0.2) is 36.4 Å². The van der Waals surface area contributed by atoms with Gasteiger partial charge in [-0.25, -0.2) is 9.18 Å². The number of fused-ring (bicyclic) bond motifs is 1. The predicted molar refractivity (Wildman–Crippen MR) is 116 cm³/mol. The number of para-hydroxylation sites is 1. The fraction of sp³-hybridized carbons (Fsp3) is 0.440. The van der Waals surface area contributed by atoms with Crippen LogP contribution in [-0.4, -0.2) is 36.3 Å². The summed E-state index contributed by atoms with van der Waals surface area (Å²) in [5.41, 5.74) is 1.11. The number of benzene rings is 2. The third kappa shape index (κ3) is 4.64. The average Bonchev–Trinajstić information content (AvgIpc) is 2.77. The first kappa shape index (κ1) is 21.9. The number of hydrogen-bond donors (Lipinski definition) is 0. The highest BCUT2D eigenvalue weighted by Crippen LogP contribution is 2.44. The first-order chi connectivity index (χ1) is 15.2. The number of carbonyl (C=O) groups is 1. The first-order valence-corrected chi connectivity index (χ1v) is 10.8. The molecule has 7 heteroatoms. The van der Waals surface area contributed by atoms with Crippen molar-refractivity contribution in [2.75, 3.05) is 19.7 Å². The summed E-state index contributed by atoms with van der Waals surface area (Å²) in [6.45, 7) is 6.96. The number of halogens is 1. The summed E-state index contributed by atoms with van der Waals surface area (Å²) in [7, 11) is 0. The average molecular weight is 438 g/mol. The summed E-state index contributed by atoms with van der Waals surface area (Å²) in [6, 6.07) is 12.1. The molecule has 2 aliphatic rings. The Balaban J connectivity index is 1.50. The van der Waals surface area contributed by atoms with E-state index in [1.165, 1.54) is 6.07 Å². The van der Waals surface area contributed by atoms with Crippen LogP contribution >= 0.6 is 0 Å². The maximum absolute atomic E-state index is 14.6. The van der Waals surface area contributed by atoms with E-state index in [0.29, 0.717) is 30.2 Å². The van der Waals surface area contributed by atoms with Gasteiger partial charge >= 0.3 is 6.09 Å². The van der Waals surface area contributed by atoms with Crippen LogP contribution < -0.4 is 9.47 Å². The molecule has 0 bridgehead atoms. The Morgan fingerprint density at radius 3 is 2.59 bits per heavy atom. The molecule has 2 heterocycles. The molecule has 0 spiro atoms. The van der Waals surface area contributed by atoms with Gasteiger partial charge in [0.2, 0.25) is 0 Å². The molecule has 168 valence electrons. The summed E-state index contributed by atoms with van der Waals surface area (Å²) in [4.78, 5) is 14.1. The first-order valence-electron chi connectivity index (χ1n) is 10.8. The molecule has 0 unspecified atom stereocenters. The Bertz CT molecular complexity index is 1050. The van der Waals surface area contributed by atoms with Crippen molar-refractivity contribution in [1.82, 2.24) is 4.90 Å². The maximum Gasteiger partial charge on any atom is 0.410 e. The molecular weight excluding hydrogens is 411 g/mol. The lowest BCUT2D eigenvalue weighted by atomic mass is 9.88. The molecule has 0 radical (unpaired) electrons. The molecule has 1 saturated heterocycles. The second-order valence-electron chi connectivity index (χ2n) is 9.18. The van der Waals surface area contributed by atoms with E-state index in [9.17, 15) is 9.18 Å². The number of amides is 1. The number of likely N-dealkylation sites (tertiary alicyclic amines) is 1. The van der Waals surface area contributed by atoms with Crippen molar-refractivity contribution in [3.63, 3.8) is 0 Å². The zero-order valence-corrected chi connectivity index (χ0v) is 18.6. The van der Waals surface area contributed by atoms with Crippen LogP contribution in [0.3, 0.4) is 0 Å². The molecule has 1 atom stereocenters. The molecule has 0 aliphatic carbocycles. The van der Waals surface area contributed by atoms with Gasteiger partial charge in [0, 0.05) is 24.2 Å². The predicted octanol–water partition coefficient (Wildman–Crippen LogP) is 5.32. The van der Waals surface area contributed by atoms with Crippen molar-refractivity contribution in [3.8, 4) is 17.6 Å². The molecule has 4 rings (SSSR count). The highest BCUT2D eigenvalue weighted by atomic mass is 19.1. The molecule has 0 saturated carbocycles. The highest BCUT2D eigenvalue weighted by molar-refractivity contribution is 5.68. The van der Waals surface area contributed by atoms with E-state index in [1.807, 2.05) is 45.0 Å². The maximum atomic E-state index is 14.6. The Hall–Kier alpha value is -3.27. The lowest BCUT2D eigenvalue weighted by molar-refractivity contribution is 0.0203. The molecule has 0 N–H and O–H groups in total. The summed E-state index contributed by atoms with van der Waals surface area (Å²) in [6.07, 6.45) is 0.657. The second-order valence-corrected chi connectivity index (χ2v) is 9.18. The topological polar surface area (TPSA) is 71.8 Å². The lowest BCUT2D eigenvalue weighted by Crippen LogP contribution is -2.41. The minimum Gasteiger partial charge on any atom is -0.485 e. The van der Waals surface area contributed by atoms with Gasteiger partial charge in [0.15, 0.2) is 17.6 Å². The Labute approximate surface area is 187 Å². The van der Waals surface area contributed by atoms with E-state index in [-0.39, 0.29) is 24.2 Å². The number of hydrogen-bond acceptors (Lipinski definition) is 5. The van der Waals surface area contributed by atoms with Gasteiger partial charge < -0.3 is 19.1 Å². The smallest absolute Gasteiger partial charge is 0.410 e. The van der Waals surface area contributed by atoms with Gasteiger partial charge in [-0.2, -0.15) is 5.26 Å². The molecule has 2 aliphatic heterocycles. The number of nitriles is 1. The minimum atomic E-state index is -0.599. The summed E-state index contributed by atoms with van der Waals surface area (Å²) in [5.74, 6) is 0.978. The monoisotopic (exact) mass is 438 g/mol. The van der Waals surface area contributed by atoms with Crippen molar-refractivity contribution in [2.24, 2.45) is 0 Å². The van der Waals surface area contributed by atoms with Crippen LogP contribution in [0.2, 0.25) is 0 Å². The fourth-order valence-corrected chi connectivity index (χ4v) is 4.15. The van der Waals surface area contributed by atoms with Crippen LogP contribution in [-0.2, 0) is 4.74 Å². The van der Waals surface area contributed by atoms with Crippen LogP contribution in [0.5, 0.6) is 11.5 Å². The summed E-state index contributed by atoms with van der Waals surface area (Å²) >= 11 is 0. The van der Waals surface area contributed by atoms with E-state index in [1.54, 1.807) is 17.0 Å². The van der Waals surface area contributed by atoms with Gasteiger partial charge in [-0.1, -0.05) is 18.2 Å². The molecule has 2 aromatic carbocycles. The molecule has 32 heavy (non-hydrogen) atoms. The van der Waals surface area contributed by atoms with Crippen LogP contribution in [0, 0.1) is 17.1 Å². The molecular formula is C25H27FN2O4. The Morgan fingerprint density at radius 2 is 1.94 bits per heavy atom. The zero-order chi connectivity index (χ0) is 22.9. The van der Waals surface area contributed by atoms with Gasteiger partial charge in [-0.15, -0.1) is 0 Å². The molecule has 2 aromatic rings. The van der Waals surface area contributed by atoms with Gasteiger partial charge in [0.05, 0.1) is 11.6 Å². The van der Waals surface area contributed by atoms with Crippen molar-refractivity contribution in [3.05, 3.63) is 58.9 Å². The number of ether oxygens (including phenoxy) is 3. The Kier molecular flexibility index (Phi) is 5.96. The summed E-state index contributed by atoms with van der Waals surface area (Å²) in [5, 5.41) is 8.98. The quantitative estimate of drug-likeness (QED) is 0.634. The molecule has 1 amide bonds. The van der Waals surface area contributed by atoms with Crippen molar-refractivity contribution in [2.45, 2.75) is 51.2 Å². The van der Waals surface area contributed by atoms with Crippen molar-refractivity contribution >= 4 is 6.09 Å². The number of piperidine rings is 1. The number of carbonyl (C=O) groups excluding carboxylic acids is 1. The lowest BCUT2D eigenvalue weighted by Gasteiger charge is -2.35. The van der Waals surface area contributed by atoms with E-state index in [4.69, 9.17) is 19.5 Å². The SMILES string of the molecule is CC(C)(C)OC(=O)N1CCC(c2cccc3c2O[C@@H](c2ccc(C#N)cc2F)CO3)CC1.